The van der Waals surface area contributed by atoms with Gasteiger partial charge >= 0.3 is 37.9 Å². The Kier molecular flexibility index (Phi) is 11.9. The number of hydrogen-bond donors (Lipinski definition) is 0. The molecule has 0 bridgehead atoms. The molecule has 2 radical (unpaired) electrons. The summed E-state index contributed by atoms with van der Waals surface area (Å²) in [6.07, 6.45) is 0. The third-order valence-corrected chi connectivity index (χ3v) is 5.27. The van der Waals surface area contributed by atoms with Gasteiger partial charge in [0, 0.05) is 0 Å². The number of rotatable bonds is 1. The topological polar surface area (TPSA) is 0 Å². The van der Waals surface area contributed by atoms with Crippen LogP contribution in [0.2, 0.25) is 6.04 Å². The van der Waals surface area contributed by atoms with E-state index in [0.717, 1.165) is 6.04 Å². The molecule has 0 spiro atoms. The molecule has 0 saturated heterocycles. The molecule has 0 aromatic heterocycles. The molecule has 0 fully saturated rings. The van der Waals surface area contributed by atoms with Gasteiger partial charge in [0.05, 0.1) is 0 Å². The average Bonchev–Trinajstić information content (AvgIpc) is 3.39. The monoisotopic (exact) mass is 532 g/mol. The summed E-state index contributed by atoms with van der Waals surface area (Å²) in [7, 11) is 10.5. The van der Waals surface area contributed by atoms with Gasteiger partial charge in [-0.1, -0.05) is 49.4 Å². The Morgan fingerprint density at radius 2 is 1.21 bits per heavy atom. The second-order valence-corrected chi connectivity index (χ2v) is 11.5. The molecule has 0 unspecified atom stereocenters. The number of fused-ring (bicyclic) bond motifs is 4. The Hall–Kier alpha value is -0.890. The summed E-state index contributed by atoms with van der Waals surface area (Å²) in [5.74, 6) is 0. The first-order chi connectivity index (χ1) is 14.2. The molecule has 0 amide bonds. The summed E-state index contributed by atoms with van der Waals surface area (Å²) in [5, 5.41) is 8.05. The average molecular weight is 535 g/mol. The molecule has 0 heterocycles. The van der Waals surface area contributed by atoms with E-state index in [2.05, 4.69) is 104 Å². The Balaban J connectivity index is 0.000000163. The summed E-state index contributed by atoms with van der Waals surface area (Å²) in [4.78, 5) is 0. The van der Waals surface area contributed by atoms with Crippen LogP contribution in [0.25, 0.3) is 32.3 Å². The van der Waals surface area contributed by atoms with Crippen molar-refractivity contribution in [3.8, 4) is 0 Å². The van der Waals surface area contributed by atoms with Crippen molar-refractivity contribution in [1.29, 1.82) is 0 Å². The van der Waals surface area contributed by atoms with E-state index in [9.17, 15) is 0 Å². The fourth-order valence-electron chi connectivity index (χ4n) is 2.97. The van der Waals surface area contributed by atoms with Crippen molar-refractivity contribution in [2.24, 2.45) is 0 Å². The number of hydrogen-bond acceptors (Lipinski definition) is 0. The second-order valence-electron chi connectivity index (χ2n) is 6.03. The Morgan fingerprint density at radius 3 is 1.69 bits per heavy atom. The summed E-state index contributed by atoms with van der Waals surface area (Å²) >= 11 is 4.39. The van der Waals surface area contributed by atoms with Crippen molar-refractivity contribution in [2.45, 2.75) is 13.0 Å². The molecular formula is C24H21Cl3SiZr. The van der Waals surface area contributed by atoms with Crippen molar-refractivity contribution in [3.05, 3.63) is 97.1 Å². The molecule has 0 atom stereocenters. The van der Waals surface area contributed by atoms with Crippen molar-refractivity contribution in [3.63, 3.8) is 0 Å². The van der Waals surface area contributed by atoms with Crippen LogP contribution in [0.15, 0.2) is 97.1 Å². The zero-order valence-electron chi connectivity index (χ0n) is 16.1. The third-order valence-electron chi connectivity index (χ3n) is 4.20. The van der Waals surface area contributed by atoms with Crippen LogP contribution in [0, 0.1) is 0 Å². The van der Waals surface area contributed by atoms with Crippen LogP contribution in [-0.2, 0) is 20.8 Å². The van der Waals surface area contributed by atoms with Gasteiger partial charge in [0.1, 0.15) is 0 Å². The zero-order valence-corrected chi connectivity index (χ0v) is 21.8. The van der Waals surface area contributed by atoms with Gasteiger partial charge in [-0.15, -0.1) is 69.4 Å². The van der Waals surface area contributed by atoms with Gasteiger partial charge in [-0.3, -0.25) is 0 Å². The van der Waals surface area contributed by atoms with E-state index < -0.39 is 20.8 Å². The maximum Gasteiger partial charge on any atom is -0.0771 e. The first-order valence-electron chi connectivity index (χ1n) is 9.18. The van der Waals surface area contributed by atoms with Crippen LogP contribution < -0.4 is 0 Å². The van der Waals surface area contributed by atoms with Crippen molar-refractivity contribution in [1.82, 2.24) is 0 Å². The normalized spacial score (nSPS) is 9.52. The van der Waals surface area contributed by atoms with Gasteiger partial charge in [0.15, 0.2) is 8.83 Å². The van der Waals surface area contributed by atoms with Crippen LogP contribution in [-0.4, -0.2) is 8.83 Å². The molecule has 0 saturated carbocycles. The predicted molar refractivity (Wildman–Crippen MR) is 130 cm³/mol. The van der Waals surface area contributed by atoms with Crippen LogP contribution in [0.1, 0.15) is 6.92 Å². The Morgan fingerprint density at radius 1 is 0.759 bits per heavy atom. The minimum atomic E-state index is -0.826. The van der Waals surface area contributed by atoms with E-state index in [1.54, 1.807) is 0 Å². The van der Waals surface area contributed by atoms with Crippen molar-refractivity contribution < 1.29 is 20.8 Å². The molecular weight excluding hydrogens is 514 g/mol. The van der Waals surface area contributed by atoms with Gasteiger partial charge < -0.3 is 0 Å². The van der Waals surface area contributed by atoms with Gasteiger partial charge in [-0.25, -0.2) is 0 Å². The second kappa shape index (κ2) is 14.2. The first kappa shape index (κ1) is 24.4. The fraction of sp³-hybridized carbons (Fsp3) is 0.0833. The molecule has 29 heavy (non-hydrogen) atoms. The summed E-state index contributed by atoms with van der Waals surface area (Å²) in [6.45, 7) is 2.06. The van der Waals surface area contributed by atoms with Crippen molar-refractivity contribution in [2.75, 3.05) is 0 Å². The van der Waals surface area contributed by atoms with Crippen LogP contribution in [0.5, 0.6) is 0 Å². The molecule has 5 heteroatoms. The molecule has 146 valence electrons. The summed E-state index contributed by atoms with van der Waals surface area (Å²) in [5.41, 5.74) is 0. The molecule has 5 rings (SSSR count). The quantitative estimate of drug-likeness (QED) is 0.114. The van der Waals surface area contributed by atoms with Gasteiger partial charge in [0.2, 0.25) is 0 Å². The van der Waals surface area contributed by atoms with E-state index in [0.29, 0.717) is 8.83 Å². The van der Waals surface area contributed by atoms with E-state index in [4.69, 9.17) is 28.1 Å². The summed E-state index contributed by atoms with van der Waals surface area (Å²) < 4.78 is 0. The van der Waals surface area contributed by atoms with E-state index >= 15 is 0 Å². The molecule has 0 aliphatic rings. The van der Waals surface area contributed by atoms with E-state index in [1.165, 1.54) is 32.3 Å². The van der Waals surface area contributed by atoms with E-state index in [-0.39, 0.29) is 0 Å². The molecule has 0 aliphatic heterocycles. The van der Waals surface area contributed by atoms with Gasteiger partial charge in [-0.05, 0) is 6.04 Å². The summed E-state index contributed by atoms with van der Waals surface area (Å²) in [6, 6.07) is 35.1. The van der Waals surface area contributed by atoms with E-state index in [1.807, 2.05) is 0 Å². The molecule has 0 aliphatic carbocycles. The standard InChI is InChI=1S/C13H9.C9H7.C2H5ClSi.2ClH.Zr/c1-3-7-12-10(5-1)9-11-6-2-4-8-13(11)12;1-2-5-9-7-3-6-8(9)4-1;1-2-4-3;;;/h1-9H;1-7H;2H2,1H3;2*1H;/q2*-1;;;;+4/p-2. The van der Waals surface area contributed by atoms with Gasteiger partial charge in [-0.2, -0.15) is 28.6 Å². The third kappa shape index (κ3) is 7.70. The largest absolute Gasteiger partial charge is 0.168 e. The van der Waals surface area contributed by atoms with Crippen LogP contribution >= 0.6 is 28.1 Å². The van der Waals surface area contributed by atoms with Crippen LogP contribution in [0.3, 0.4) is 0 Å². The predicted octanol–water partition coefficient (Wildman–Crippen LogP) is 8.93. The minimum absolute atomic E-state index is 0.613. The Bertz CT molecular complexity index is 1020. The smallest absolute Gasteiger partial charge is 0.0771 e. The molecule has 5 aromatic carbocycles. The van der Waals surface area contributed by atoms with Crippen molar-refractivity contribution >= 4 is 69.3 Å². The minimum Gasteiger partial charge on any atom is -0.168 e. The maximum absolute atomic E-state index is 5.21. The number of halogens is 3. The zero-order chi connectivity index (χ0) is 20.9. The molecule has 5 aromatic rings. The molecule has 0 N–H and O–H groups in total. The van der Waals surface area contributed by atoms with Crippen LogP contribution in [0.4, 0.5) is 0 Å². The molecule has 0 nitrogen and oxygen atoms in total. The fourth-order valence-corrected chi connectivity index (χ4v) is 2.97. The Labute approximate surface area is 198 Å². The number of benzene rings is 3. The maximum atomic E-state index is 5.21. The first-order valence-corrected chi connectivity index (χ1v) is 17.7. The SMILES string of the molecule is CC[Si]Cl.[Cl][Zr+2][Cl].c1ccc2[cH-]ccc2c1.c1ccc2c(c1)[cH-]c1ccccc12. The van der Waals surface area contributed by atoms with Gasteiger partial charge in [0.25, 0.3) is 0 Å².